The molecule has 19 nitrogen and oxygen atoms in total. The molecule has 0 aliphatic carbocycles. The van der Waals surface area contributed by atoms with E-state index in [1.165, 1.54) is 59.4 Å². The Balaban J connectivity index is 1.26. The molecule has 52 heavy (non-hydrogen) atoms. The number of rotatable bonds is 12. The van der Waals surface area contributed by atoms with Gasteiger partial charge >= 0.3 is 11.9 Å². The van der Waals surface area contributed by atoms with Crippen LogP contribution in [0.3, 0.4) is 0 Å². The third-order valence-electron chi connectivity index (χ3n) is 8.01. The molecule has 0 spiro atoms. The first-order valence-corrected chi connectivity index (χ1v) is 17.1. The molecule has 6 N–H and O–H groups in total. The number of aromatic nitrogens is 4. The second kappa shape index (κ2) is 14.3. The van der Waals surface area contributed by atoms with Crippen LogP contribution in [0.4, 0.5) is 0 Å². The molecule has 3 atom stereocenters. The number of aryl methyl sites for hydroxylation is 2. The molecule has 0 saturated carbocycles. The van der Waals surface area contributed by atoms with E-state index in [0.717, 1.165) is 17.0 Å². The number of ether oxygens (including phenoxy) is 1. The topological polar surface area (TPSA) is 277 Å². The van der Waals surface area contributed by atoms with Crippen LogP contribution in [0.2, 0.25) is 0 Å². The maximum Gasteiger partial charge on any atom is 0.352 e. The van der Waals surface area contributed by atoms with E-state index in [2.05, 4.69) is 26.2 Å². The van der Waals surface area contributed by atoms with Gasteiger partial charge in [-0.25, -0.2) is 14.3 Å². The fraction of sp³-hybridized carbons (Fsp3) is 0.258. The number of benzene rings is 2. The lowest BCUT2D eigenvalue weighted by molar-refractivity contribution is -0.151. The number of hydrogen-bond donors (Lipinski definition) is 6. The molecule has 6 rings (SSSR count). The molecule has 2 aromatic carbocycles. The van der Waals surface area contributed by atoms with Gasteiger partial charge < -0.3 is 40.2 Å². The van der Waals surface area contributed by atoms with E-state index in [1.54, 1.807) is 7.05 Å². The Labute approximate surface area is 299 Å². The highest BCUT2D eigenvalue weighted by Crippen LogP contribution is 2.41. The average Bonchev–Trinajstić information content (AvgIpc) is 3.52. The Morgan fingerprint density at radius 3 is 2.48 bits per heavy atom. The zero-order chi connectivity index (χ0) is 37.4. The number of phenolic OH excluding ortho intramolecular Hbond substituents is 2. The Morgan fingerprint density at radius 2 is 1.83 bits per heavy atom. The van der Waals surface area contributed by atoms with Crippen molar-refractivity contribution in [3.05, 3.63) is 74.8 Å². The van der Waals surface area contributed by atoms with Gasteiger partial charge in [0.25, 0.3) is 11.8 Å². The molecule has 2 aliphatic rings. The van der Waals surface area contributed by atoms with Gasteiger partial charge in [0.2, 0.25) is 16.5 Å². The largest absolute Gasteiger partial charge is 0.504 e. The number of thioether (sulfide) groups is 2. The Morgan fingerprint density at radius 1 is 1.12 bits per heavy atom. The number of carboxylic acid groups (broad SMARTS) is 2. The fourth-order valence-corrected chi connectivity index (χ4v) is 7.86. The summed E-state index contributed by atoms with van der Waals surface area (Å²) in [6, 6.07) is 4.63. The first-order valence-electron chi connectivity index (χ1n) is 15.1. The molecular weight excluding hydrogens is 727 g/mol. The van der Waals surface area contributed by atoms with E-state index < -0.39 is 76.2 Å². The van der Waals surface area contributed by atoms with Crippen LogP contribution in [0, 0.1) is 6.92 Å². The summed E-state index contributed by atoms with van der Waals surface area (Å²) in [5.74, 6) is -6.05. The summed E-state index contributed by atoms with van der Waals surface area (Å²) in [5.41, 5.74) is -1.12. The smallest absolute Gasteiger partial charge is 0.352 e. The quantitative estimate of drug-likeness (QED) is 0.0653. The molecule has 1 unspecified atom stereocenters. The summed E-state index contributed by atoms with van der Waals surface area (Å²) in [4.78, 5) is 78.8. The summed E-state index contributed by atoms with van der Waals surface area (Å²) in [5, 5.41) is 54.4. The molecule has 4 aromatic rings. The summed E-state index contributed by atoms with van der Waals surface area (Å²) in [6.07, 6.45) is 0. The second-order valence-electron chi connectivity index (χ2n) is 11.4. The number of nitrogens with one attached hydrogen (secondary N) is 2. The van der Waals surface area contributed by atoms with E-state index in [4.69, 9.17) is 14.3 Å². The number of carbonyl (C=O) groups excluding carboxylic acids is 3. The third-order valence-corrected chi connectivity index (χ3v) is 10.4. The highest BCUT2D eigenvalue weighted by Gasteiger charge is 2.54. The predicted octanol–water partition coefficient (Wildman–Crippen LogP) is 0.502. The van der Waals surface area contributed by atoms with Gasteiger partial charge in [-0.1, -0.05) is 23.9 Å². The summed E-state index contributed by atoms with van der Waals surface area (Å²) < 4.78 is 12.1. The normalized spacial score (nSPS) is 17.3. The number of carboxylic acids is 2. The van der Waals surface area contributed by atoms with Crippen molar-refractivity contribution in [3.8, 4) is 17.2 Å². The monoisotopic (exact) mass is 753 g/mol. The predicted molar refractivity (Wildman–Crippen MR) is 180 cm³/mol. The van der Waals surface area contributed by atoms with Crippen LogP contribution in [0.15, 0.2) is 62.0 Å². The number of aromatic hydroxyl groups is 2. The number of phenols is 2. The molecule has 0 bridgehead atoms. The van der Waals surface area contributed by atoms with E-state index in [0.29, 0.717) is 10.7 Å². The van der Waals surface area contributed by atoms with E-state index in [-0.39, 0.29) is 45.2 Å². The highest BCUT2D eigenvalue weighted by atomic mass is 32.2. The Hall–Kier alpha value is -6.09. The first kappa shape index (κ1) is 35.7. The van der Waals surface area contributed by atoms with Crippen LogP contribution in [0.25, 0.3) is 11.0 Å². The number of fused-ring (bicyclic) bond motifs is 2. The van der Waals surface area contributed by atoms with E-state index in [1.807, 2.05) is 0 Å². The van der Waals surface area contributed by atoms with Crippen molar-refractivity contribution >= 4 is 64.2 Å². The molecular formula is C31H27N7O12S2. The van der Waals surface area contributed by atoms with Crippen molar-refractivity contribution in [1.82, 2.24) is 35.7 Å². The van der Waals surface area contributed by atoms with Crippen molar-refractivity contribution in [2.24, 2.45) is 7.05 Å². The minimum absolute atomic E-state index is 0.110. The number of aliphatic carboxylic acids is 2. The molecule has 21 heteroatoms. The lowest BCUT2D eigenvalue weighted by atomic mass is 10.0. The zero-order valence-corrected chi connectivity index (χ0v) is 28.6. The number of hydrogen-bond acceptors (Lipinski definition) is 15. The van der Waals surface area contributed by atoms with Gasteiger partial charge in [0.05, 0.1) is 5.39 Å². The van der Waals surface area contributed by atoms with Crippen molar-refractivity contribution in [2.45, 2.75) is 29.5 Å². The minimum Gasteiger partial charge on any atom is -0.504 e. The standard InChI is InChI=1S/C31H27N7O12S2/c1-12-21(25(43)16-7-17(39)18(40)8-19(16)50-12)26(44)32-22(13-3-5-15(6-4-13)49-9-20(41)42)27(45)33-23-28(46)38-24(30(47)48)14(10-51-29(23)38)11-52-31-34-35-36-37(31)2/h3-8,22-23,29,39-40H,9-11H2,1-2H3,(H,32,44)(H,33,45)(H,41,42)(H,47,48)/t22?,23-,29-/m0/s1. The van der Waals surface area contributed by atoms with E-state index in [9.17, 15) is 44.1 Å². The Bertz CT molecular complexity index is 2240. The molecule has 1 fully saturated rings. The molecule has 4 heterocycles. The summed E-state index contributed by atoms with van der Waals surface area (Å²) >= 11 is 2.42. The van der Waals surface area contributed by atoms with Crippen molar-refractivity contribution in [1.29, 1.82) is 0 Å². The number of tetrazole rings is 1. The molecule has 2 aliphatic heterocycles. The van der Waals surface area contributed by atoms with Gasteiger partial charge in [-0.3, -0.25) is 24.1 Å². The summed E-state index contributed by atoms with van der Waals surface area (Å²) in [7, 11) is 1.63. The van der Waals surface area contributed by atoms with Gasteiger partial charge in [0.1, 0.15) is 45.8 Å². The number of nitrogens with zero attached hydrogens (tertiary/aromatic N) is 5. The SMILES string of the molecule is Cc1oc2cc(O)c(O)cc2c(=O)c1C(=O)NC(C(=O)N[C@H]1C(=O)N2C(C(=O)O)=C(CSc3nnnn3C)CS[C@@H]12)c1ccc(OCC(=O)O)cc1. The van der Waals surface area contributed by atoms with Gasteiger partial charge in [-0.05, 0) is 46.7 Å². The molecule has 270 valence electrons. The van der Waals surface area contributed by atoms with E-state index >= 15 is 0 Å². The number of amides is 3. The minimum atomic E-state index is -1.55. The zero-order valence-electron chi connectivity index (χ0n) is 26.9. The average molecular weight is 754 g/mol. The maximum atomic E-state index is 13.9. The first-order chi connectivity index (χ1) is 24.7. The lowest BCUT2D eigenvalue weighted by Crippen LogP contribution is -2.71. The fourth-order valence-electron chi connectivity index (χ4n) is 5.52. The number of carbonyl (C=O) groups is 5. The van der Waals surface area contributed by atoms with Gasteiger partial charge in [-0.2, -0.15) is 0 Å². The maximum absolute atomic E-state index is 13.9. The van der Waals surface area contributed by atoms with Crippen LogP contribution in [-0.2, 0) is 26.2 Å². The van der Waals surface area contributed by atoms with Gasteiger partial charge in [0.15, 0.2) is 18.1 Å². The van der Waals surface area contributed by atoms with Crippen molar-refractivity contribution in [3.63, 3.8) is 0 Å². The van der Waals surface area contributed by atoms with Crippen LogP contribution in [0.5, 0.6) is 17.2 Å². The van der Waals surface area contributed by atoms with Crippen LogP contribution < -0.4 is 20.8 Å². The second-order valence-corrected chi connectivity index (χ2v) is 13.4. The van der Waals surface area contributed by atoms with Gasteiger partial charge in [-0.15, -0.1) is 16.9 Å². The molecule has 3 amide bonds. The van der Waals surface area contributed by atoms with Gasteiger partial charge in [0, 0.05) is 24.6 Å². The van der Waals surface area contributed by atoms with Crippen molar-refractivity contribution < 1.29 is 53.6 Å². The molecule has 2 aromatic heterocycles. The number of β-lactam (4-membered cyclic amide) rings is 1. The van der Waals surface area contributed by atoms with Crippen LogP contribution in [-0.4, -0.2) is 105 Å². The third kappa shape index (κ3) is 6.82. The van der Waals surface area contributed by atoms with Crippen LogP contribution >= 0.6 is 23.5 Å². The summed E-state index contributed by atoms with van der Waals surface area (Å²) in [6.45, 7) is 0.671. The molecule has 1 saturated heterocycles. The molecule has 0 radical (unpaired) electrons. The lowest BCUT2D eigenvalue weighted by Gasteiger charge is -2.49. The van der Waals surface area contributed by atoms with Crippen molar-refractivity contribution in [2.75, 3.05) is 18.1 Å². The highest BCUT2D eigenvalue weighted by molar-refractivity contribution is 8.01. The van der Waals surface area contributed by atoms with Crippen LogP contribution in [0.1, 0.15) is 27.7 Å². The Kier molecular flexibility index (Phi) is 9.80.